The molecule has 2 saturated heterocycles. The number of aromatic amines is 1. The first-order chi connectivity index (χ1) is 12.2. The number of halogens is 1. The van der Waals surface area contributed by atoms with Crippen molar-refractivity contribution in [1.29, 1.82) is 0 Å². The average Bonchev–Trinajstić information content (AvgIpc) is 3.34. The highest BCUT2D eigenvalue weighted by Gasteiger charge is 2.48. The molecule has 3 aromatic heterocycles. The van der Waals surface area contributed by atoms with Crippen LogP contribution in [0.25, 0.3) is 22.3 Å². The molecule has 25 heavy (non-hydrogen) atoms. The van der Waals surface area contributed by atoms with E-state index in [1.165, 1.54) is 17.4 Å². The van der Waals surface area contributed by atoms with E-state index in [0.717, 1.165) is 5.56 Å². The summed E-state index contributed by atoms with van der Waals surface area (Å²) >= 11 is 1.50. The Bertz CT molecular complexity index is 913. The summed E-state index contributed by atoms with van der Waals surface area (Å²) in [6.07, 6.45) is -1.59. The van der Waals surface area contributed by atoms with E-state index in [1.54, 1.807) is 6.07 Å². The molecular weight excluding hydrogens is 347 g/mol. The van der Waals surface area contributed by atoms with Crippen molar-refractivity contribution >= 4 is 22.4 Å². The number of thiophene rings is 1. The number of aromatic nitrogens is 2. The van der Waals surface area contributed by atoms with Crippen LogP contribution >= 0.6 is 11.3 Å². The summed E-state index contributed by atoms with van der Waals surface area (Å²) in [6, 6.07) is 5.00. The van der Waals surface area contributed by atoms with Gasteiger partial charge < -0.3 is 24.3 Å². The molecule has 5 rings (SSSR count). The number of rotatable bonds is 3. The number of ether oxygens (including phenoxy) is 3. The molecule has 0 amide bonds. The predicted octanol–water partition coefficient (Wildman–Crippen LogP) is 2.34. The topological polar surface area (TPSA) is 76.6 Å². The van der Waals surface area contributed by atoms with Crippen molar-refractivity contribution < 1.29 is 23.7 Å². The van der Waals surface area contributed by atoms with Gasteiger partial charge >= 0.3 is 0 Å². The van der Waals surface area contributed by atoms with E-state index < -0.39 is 6.10 Å². The molecule has 8 heteroatoms. The monoisotopic (exact) mass is 362 g/mol. The largest absolute Gasteiger partial charge is 0.470 e. The molecule has 0 aliphatic carbocycles. The standard InChI is InChI=1S/C17H15FN2O4S/c18-9-3-10-11(20-15(9)8-1-2-25-7-8)4-14(19-10)24-13-6-23-16-12(21)5-22-17(13)16/h1-4,7,12-13,16-17,19,21H,5-6H2/t12-,13-,16-,17-/m1/s1. The molecule has 0 radical (unpaired) electrons. The molecule has 0 aromatic carbocycles. The van der Waals surface area contributed by atoms with Crippen LogP contribution in [-0.4, -0.2) is 52.7 Å². The van der Waals surface area contributed by atoms with Crippen molar-refractivity contribution in [3.63, 3.8) is 0 Å². The van der Waals surface area contributed by atoms with Crippen LogP contribution in [0.1, 0.15) is 0 Å². The Hall–Kier alpha value is -2.00. The molecule has 0 saturated carbocycles. The second kappa shape index (κ2) is 5.77. The third-order valence-electron chi connectivity index (χ3n) is 4.59. The summed E-state index contributed by atoms with van der Waals surface area (Å²) in [5.41, 5.74) is 2.27. The lowest BCUT2D eigenvalue weighted by atomic mass is 10.1. The van der Waals surface area contributed by atoms with Crippen LogP contribution in [0.4, 0.5) is 4.39 Å². The Morgan fingerprint density at radius 1 is 1.28 bits per heavy atom. The first-order valence-electron chi connectivity index (χ1n) is 7.99. The maximum atomic E-state index is 14.3. The van der Waals surface area contributed by atoms with Crippen molar-refractivity contribution in [2.45, 2.75) is 24.4 Å². The van der Waals surface area contributed by atoms with Gasteiger partial charge in [-0.15, -0.1) is 0 Å². The first kappa shape index (κ1) is 15.3. The highest BCUT2D eigenvalue weighted by molar-refractivity contribution is 7.08. The van der Waals surface area contributed by atoms with Gasteiger partial charge in [0.05, 0.1) is 24.2 Å². The molecule has 2 aliphatic rings. The second-order valence-corrected chi connectivity index (χ2v) is 7.00. The zero-order valence-corrected chi connectivity index (χ0v) is 13.8. The Kier molecular flexibility index (Phi) is 3.53. The zero-order chi connectivity index (χ0) is 17.0. The van der Waals surface area contributed by atoms with Crippen LogP contribution in [0, 0.1) is 5.82 Å². The first-order valence-corrected chi connectivity index (χ1v) is 8.93. The van der Waals surface area contributed by atoms with Gasteiger partial charge in [0.15, 0.2) is 17.8 Å². The van der Waals surface area contributed by atoms with Crippen LogP contribution in [-0.2, 0) is 9.47 Å². The molecule has 0 spiro atoms. The van der Waals surface area contributed by atoms with Crippen molar-refractivity contribution in [1.82, 2.24) is 9.97 Å². The fraction of sp³-hybridized carbons (Fsp3) is 0.353. The number of aliphatic hydroxyl groups excluding tert-OH is 1. The number of hydrogen-bond acceptors (Lipinski definition) is 6. The average molecular weight is 362 g/mol. The molecule has 2 N–H and O–H groups in total. The van der Waals surface area contributed by atoms with Gasteiger partial charge in [-0.05, 0) is 11.4 Å². The second-order valence-electron chi connectivity index (χ2n) is 6.22. The highest BCUT2D eigenvalue weighted by atomic mass is 32.1. The normalized spacial score (nSPS) is 28.6. The number of nitrogens with zero attached hydrogens (tertiary/aromatic N) is 1. The maximum Gasteiger partial charge on any atom is 0.193 e. The van der Waals surface area contributed by atoms with E-state index in [9.17, 15) is 9.50 Å². The summed E-state index contributed by atoms with van der Waals surface area (Å²) in [5, 5.41) is 13.5. The Balaban J connectivity index is 1.43. The quantitative estimate of drug-likeness (QED) is 0.748. The van der Waals surface area contributed by atoms with Crippen molar-refractivity contribution in [2.75, 3.05) is 13.2 Å². The molecule has 130 valence electrons. The Labute approximate surface area is 146 Å². The minimum absolute atomic E-state index is 0.249. The minimum Gasteiger partial charge on any atom is -0.470 e. The van der Waals surface area contributed by atoms with E-state index in [4.69, 9.17) is 14.2 Å². The summed E-state index contributed by atoms with van der Waals surface area (Å²) in [5.74, 6) is 0.0921. The lowest BCUT2D eigenvalue weighted by Gasteiger charge is -2.16. The fourth-order valence-electron chi connectivity index (χ4n) is 3.38. The summed E-state index contributed by atoms with van der Waals surface area (Å²) in [7, 11) is 0. The lowest BCUT2D eigenvalue weighted by Crippen LogP contribution is -2.34. The molecule has 0 unspecified atom stereocenters. The molecule has 5 heterocycles. The number of hydrogen-bond donors (Lipinski definition) is 2. The molecule has 2 aliphatic heterocycles. The van der Waals surface area contributed by atoms with Crippen LogP contribution in [0.3, 0.4) is 0 Å². The molecule has 6 nitrogen and oxygen atoms in total. The van der Waals surface area contributed by atoms with Gasteiger partial charge in [-0.1, -0.05) is 0 Å². The number of aliphatic hydroxyl groups is 1. The third kappa shape index (κ3) is 2.53. The van der Waals surface area contributed by atoms with Crippen molar-refractivity contribution in [3.8, 4) is 17.1 Å². The lowest BCUT2D eigenvalue weighted by molar-refractivity contribution is 0.00794. The number of nitrogens with one attached hydrogen (secondary N) is 1. The number of H-pyrrole nitrogens is 1. The van der Waals surface area contributed by atoms with Gasteiger partial charge in [0.25, 0.3) is 0 Å². The third-order valence-corrected chi connectivity index (χ3v) is 5.27. The Morgan fingerprint density at radius 2 is 2.16 bits per heavy atom. The maximum absolute atomic E-state index is 14.3. The van der Waals surface area contributed by atoms with Crippen LogP contribution < -0.4 is 4.74 Å². The zero-order valence-electron chi connectivity index (χ0n) is 13.0. The number of fused-ring (bicyclic) bond motifs is 2. The fourth-order valence-corrected chi connectivity index (χ4v) is 4.02. The van der Waals surface area contributed by atoms with Crippen molar-refractivity contribution in [2.24, 2.45) is 0 Å². The SMILES string of the molecule is O[C@@H]1CO[C@H]2[C@@H]1OC[C@H]2Oc1cc2nc(-c3ccsc3)c(F)cc2[nH]1. The van der Waals surface area contributed by atoms with E-state index in [2.05, 4.69) is 9.97 Å². The van der Waals surface area contributed by atoms with E-state index >= 15 is 0 Å². The molecule has 0 bridgehead atoms. The van der Waals surface area contributed by atoms with Gasteiger partial charge in [0.2, 0.25) is 0 Å². The van der Waals surface area contributed by atoms with E-state index in [0.29, 0.717) is 29.2 Å². The van der Waals surface area contributed by atoms with Gasteiger partial charge in [0.1, 0.15) is 24.0 Å². The molecule has 2 fully saturated rings. The summed E-state index contributed by atoms with van der Waals surface area (Å²) in [4.78, 5) is 7.44. The van der Waals surface area contributed by atoms with Gasteiger partial charge in [-0.25, -0.2) is 9.37 Å². The van der Waals surface area contributed by atoms with Crippen LogP contribution in [0.15, 0.2) is 29.0 Å². The smallest absolute Gasteiger partial charge is 0.193 e. The van der Waals surface area contributed by atoms with Gasteiger partial charge in [-0.3, -0.25) is 0 Å². The predicted molar refractivity (Wildman–Crippen MR) is 89.3 cm³/mol. The highest BCUT2D eigenvalue weighted by Crippen LogP contribution is 2.32. The van der Waals surface area contributed by atoms with Gasteiger partial charge in [0, 0.05) is 23.1 Å². The molecule has 4 atom stereocenters. The summed E-state index contributed by atoms with van der Waals surface area (Å²) in [6.45, 7) is 0.586. The summed E-state index contributed by atoms with van der Waals surface area (Å²) < 4.78 is 31.3. The molecular formula is C17H15FN2O4S. The van der Waals surface area contributed by atoms with E-state index in [-0.39, 0.29) is 30.7 Å². The molecule has 3 aromatic rings. The van der Waals surface area contributed by atoms with E-state index in [1.807, 2.05) is 16.8 Å². The van der Waals surface area contributed by atoms with Gasteiger partial charge in [-0.2, -0.15) is 11.3 Å². The van der Waals surface area contributed by atoms with Crippen LogP contribution in [0.2, 0.25) is 0 Å². The van der Waals surface area contributed by atoms with Crippen molar-refractivity contribution in [3.05, 3.63) is 34.8 Å². The number of pyridine rings is 1. The minimum atomic E-state index is -0.620. The Morgan fingerprint density at radius 3 is 3.00 bits per heavy atom. The van der Waals surface area contributed by atoms with Crippen LogP contribution in [0.5, 0.6) is 5.88 Å².